The minimum absolute atomic E-state index is 0.0995. The minimum Gasteiger partial charge on any atom is -0.343 e. The molecule has 3 heteroatoms. The van der Waals surface area contributed by atoms with Gasteiger partial charge in [0.2, 0.25) is 5.91 Å². The van der Waals surface area contributed by atoms with Gasteiger partial charge in [0.25, 0.3) is 0 Å². The maximum atomic E-state index is 11.3. The van der Waals surface area contributed by atoms with E-state index < -0.39 is 11.5 Å². The van der Waals surface area contributed by atoms with Crippen LogP contribution in [0.4, 0.5) is 0 Å². The summed E-state index contributed by atoms with van der Waals surface area (Å²) in [5, 5.41) is 2.58. The van der Waals surface area contributed by atoms with Crippen LogP contribution in [0.25, 0.3) is 0 Å². The number of amides is 1. The molecule has 1 heterocycles. The molecule has 1 fully saturated rings. The van der Waals surface area contributed by atoms with E-state index in [1.807, 2.05) is 0 Å². The molecule has 3 nitrogen and oxygen atoms in total. The van der Waals surface area contributed by atoms with E-state index in [1.165, 1.54) is 6.08 Å². The lowest BCUT2D eigenvalue weighted by Gasteiger charge is -2.14. The standard InChI is InChI=1S/C8H11NO2/c1-4-5-6(10)8(2,3)9-7(5)11/h4-5H,1H2,2-3H3,(H,9,11). The Kier molecular flexibility index (Phi) is 1.59. The highest BCUT2D eigenvalue weighted by Gasteiger charge is 2.44. The van der Waals surface area contributed by atoms with Crippen LogP contribution in [0.1, 0.15) is 13.8 Å². The molecule has 60 valence electrons. The number of rotatable bonds is 1. The maximum Gasteiger partial charge on any atom is 0.235 e. The van der Waals surface area contributed by atoms with Crippen molar-refractivity contribution >= 4 is 11.7 Å². The second-order valence-electron chi connectivity index (χ2n) is 3.19. The van der Waals surface area contributed by atoms with Crippen molar-refractivity contribution in [2.75, 3.05) is 0 Å². The molecule has 0 radical (unpaired) electrons. The van der Waals surface area contributed by atoms with Gasteiger partial charge in [0, 0.05) is 0 Å². The number of ketones is 1. The highest BCUT2D eigenvalue weighted by molar-refractivity contribution is 6.13. The Balaban J connectivity index is 2.97. The predicted octanol–water partition coefficient (Wildman–Crippen LogP) is 0.266. The summed E-state index contributed by atoms with van der Waals surface area (Å²) in [5.74, 6) is -0.988. The van der Waals surface area contributed by atoms with Crippen LogP contribution >= 0.6 is 0 Å². The van der Waals surface area contributed by atoms with Crippen molar-refractivity contribution in [3.05, 3.63) is 12.7 Å². The molecule has 11 heavy (non-hydrogen) atoms. The van der Waals surface area contributed by atoms with E-state index in [4.69, 9.17) is 0 Å². The molecule has 0 aromatic carbocycles. The van der Waals surface area contributed by atoms with E-state index in [1.54, 1.807) is 13.8 Å². The highest BCUT2D eigenvalue weighted by atomic mass is 16.2. The molecule has 0 aliphatic carbocycles. The highest BCUT2D eigenvalue weighted by Crippen LogP contribution is 2.20. The summed E-state index contributed by atoms with van der Waals surface area (Å²) >= 11 is 0. The van der Waals surface area contributed by atoms with E-state index >= 15 is 0 Å². The third-order valence-corrected chi connectivity index (χ3v) is 1.85. The Morgan fingerprint density at radius 3 is 2.27 bits per heavy atom. The van der Waals surface area contributed by atoms with Gasteiger partial charge in [-0.2, -0.15) is 0 Å². The molecule has 1 unspecified atom stereocenters. The summed E-state index contributed by atoms with van der Waals surface area (Å²) in [6, 6.07) is 0. The van der Waals surface area contributed by atoms with E-state index in [0.29, 0.717) is 0 Å². The van der Waals surface area contributed by atoms with Gasteiger partial charge in [0.1, 0.15) is 5.92 Å². The molecular weight excluding hydrogens is 142 g/mol. The van der Waals surface area contributed by atoms with Gasteiger partial charge in [-0.25, -0.2) is 0 Å². The number of nitrogens with one attached hydrogen (secondary N) is 1. The van der Waals surface area contributed by atoms with Crippen molar-refractivity contribution in [2.24, 2.45) is 5.92 Å². The Morgan fingerprint density at radius 2 is 2.09 bits per heavy atom. The van der Waals surface area contributed by atoms with Crippen molar-refractivity contribution in [1.82, 2.24) is 5.32 Å². The fraction of sp³-hybridized carbons (Fsp3) is 0.500. The fourth-order valence-electron chi connectivity index (χ4n) is 1.17. The van der Waals surface area contributed by atoms with Gasteiger partial charge in [-0.15, -0.1) is 6.58 Å². The zero-order valence-electron chi connectivity index (χ0n) is 6.68. The third kappa shape index (κ3) is 1.06. The zero-order valence-corrected chi connectivity index (χ0v) is 6.68. The van der Waals surface area contributed by atoms with Crippen LogP contribution in [0.15, 0.2) is 12.7 Å². The summed E-state index contributed by atoms with van der Waals surface area (Å²) < 4.78 is 0. The normalized spacial score (nSPS) is 28.4. The second-order valence-corrected chi connectivity index (χ2v) is 3.19. The molecule has 1 aliphatic rings. The molecule has 0 spiro atoms. The number of hydrogen-bond donors (Lipinski definition) is 1. The van der Waals surface area contributed by atoms with Gasteiger partial charge >= 0.3 is 0 Å². The fourth-order valence-corrected chi connectivity index (χ4v) is 1.17. The Bertz CT molecular complexity index is 230. The van der Waals surface area contributed by atoms with Gasteiger partial charge < -0.3 is 5.32 Å². The topological polar surface area (TPSA) is 46.2 Å². The Hall–Kier alpha value is -1.12. The number of Topliss-reactive ketones (excluding diaryl/α,β-unsaturated/α-hetero) is 1. The van der Waals surface area contributed by atoms with Gasteiger partial charge in [-0.05, 0) is 13.8 Å². The average molecular weight is 153 g/mol. The van der Waals surface area contributed by atoms with E-state index in [-0.39, 0.29) is 11.7 Å². The SMILES string of the molecule is C=CC1C(=O)NC(C)(C)C1=O. The molecule has 0 aromatic rings. The van der Waals surface area contributed by atoms with Gasteiger partial charge in [-0.1, -0.05) is 6.08 Å². The van der Waals surface area contributed by atoms with Crippen LogP contribution in [0.3, 0.4) is 0 Å². The van der Waals surface area contributed by atoms with Gasteiger partial charge in [0.15, 0.2) is 5.78 Å². The first-order valence-corrected chi connectivity index (χ1v) is 3.48. The zero-order chi connectivity index (χ0) is 8.65. The third-order valence-electron chi connectivity index (χ3n) is 1.85. The van der Waals surface area contributed by atoms with E-state index in [2.05, 4.69) is 11.9 Å². The lowest BCUT2D eigenvalue weighted by Crippen LogP contribution is -2.39. The minimum atomic E-state index is -0.712. The van der Waals surface area contributed by atoms with Crippen molar-refractivity contribution in [1.29, 1.82) is 0 Å². The van der Waals surface area contributed by atoms with Crippen LogP contribution in [-0.4, -0.2) is 17.2 Å². The second kappa shape index (κ2) is 2.19. The predicted molar refractivity (Wildman–Crippen MR) is 40.9 cm³/mol. The number of carbonyl (C=O) groups is 2. The van der Waals surface area contributed by atoms with Crippen LogP contribution in [0.2, 0.25) is 0 Å². The molecule has 1 N–H and O–H groups in total. The quantitative estimate of drug-likeness (QED) is 0.434. The molecule has 1 aliphatic heterocycles. The lowest BCUT2D eigenvalue weighted by molar-refractivity contribution is -0.126. The lowest BCUT2D eigenvalue weighted by atomic mass is 9.95. The maximum absolute atomic E-state index is 11.3. The van der Waals surface area contributed by atoms with Gasteiger partial charge in [-0.3, -0.25) is 9.59 Å². The molecule has 0 saturated carbocycles. The largest absolute Gasteiger partial charge is 0.343 e. The summed E-state index contributed by atoms with van der Waals surface area (Å²) in [5.41, 5.74) is -0.712. The molecule has 1 rings (SSSR count). The van der Waals surface area contributed by atoms with Crippen LogP contribution < -0.4 is 5.32 Å². The number of carbonyl (C=O) groups excluding carboxylic acids is 2. The molecule has 0 aromatic heterocycles. The Labute approximate surface area is 65.5 Å². The van der Waals surface area contributed by atoms with Crippen molar-refractivity contribution in [3.63, 3.8) is 0 Å². The molecule has 1 saturated heterocycles. The molecule has 0 bridgehead atoms. The van der Waals surface area contributed by atoms with Crippen LogP contribution in [0.5, 0.6) is 0 Å². The van der Waals surface area contributed by atoms with Crippen molar-refractivity contribution in [3.8, 4) is 0 Å². The first-order valence-electron chi connectivity index (χ1n) is 3.48. The average Bonchev–Trinajstić information content (AvgIpc) is 2.04. The number of hydrogen-bond acceptors (Lipinski definition) is 2. The summed E-state index contributed by atoms with van der Waals surface area (Å²) in [6.45, 7) is 6.81. The molecular formula is C8H11NO2. The summed E-state index contributed by atoms with van der Waals surface area (Å²) in [4.78, 5) is 22.3. The molecule has 1 amide bonds. The summed E-state index contributed by atoms with van der Waals surface area (Å²) in [6.07, 6.45) is 1.38. The van der Waals surface area contributed by atoms with Gasteiger partial charge in [0.05, 0.1) is 5.54 Å². The van der Waals surface area contributed by atoms with Crippen molar-refractivity contribution < 1.29 is 9.59 Å². The molecule has 1 atom stereocenters. The van der Waals surface area contributed by atoms with E-state index in [9.17, 15) is 9.59 Å². The van der Waals surface area contributed by atoms with E-state index in [0.717, 1.165) is 0 Å². The van der Waals surface area contributed by atoms with Crippen LogP contribution in [0, 0.1) is 5.92 Å². The van der Waals surface area contributed by atoms with Crippen LogP contribution in [-0.2, 0) is 9.59 Å². The summed E-state index contributed by atoms with van der Waals surface area (Å²) in [7, 11) is 0. The van der Waals surface area contributed by atoms with Crippen molar-refractivity contribution in [2.45, 2.75) is 19.4 Å². The smallest absolute Gasteiger partial charge is 0.235 e. The first-order chi connectivity index (χ1) is 4.99. The monoisotopic (exact) mass is 153 g/mol. The first kappa shape index (κ1) is 7.98. The Morgan fingerprint density at radius 1 is 1.55 bits per heavy atom.